The van der Waals surface area contributed by atoms with Crippen LogP contribution in [0.25, 0.3) is 23.4 Å². The lowest BCUT2D eigenvalue weighted by molar-refractivity contribution is -0.116. The largest absolute Gasteiger partial charge is 0.389 e. The van der Waals surface area contributed by atoms with E-state index in [1.807, 2.05) is 66.6 Å². The van der Waals surface area contributed by atoms with Crippen LogP contribution in [0, 0.1) is 6.92 Å². The van der Waals surface area contributed by atoms with Crippen molar-refractivity contribution in [1.82, 2.24) is 4.98 Å². The number of amides is 1. The van der Waals surface area contributed by atoms with Gasteiger partial charge in [0, 0.05) is 18.7 Å². The van der Waals surface area contributed by atoms with Crippen LogP contribution in [0.2, 0.25) is 0 Å². The Hall–Kier alpha value is -3.24. The van der Waals surface area contributed by atoms with Gasteiger partial charge in [-0.1, -0.05) is 48.0 Å². The number of benzene rings is 2. The third kappa shape index (κ3) is 3.71. The molecular weight excluding hydrogens is 360 g/mol. The van der Waals surface area contributed by atoms with Gasteiger partial charge in [-0.05, 0) is 54.3 Å². The molecule has 0 radical (unpaired) electrons. The van der Waals surface area contributed by atoms with Gasteiger partial charge in [0.2, 0.25) is 5.91 Å². The van der Waals surface area contributed by atoms with Gasteiger partial charge in [-0.15, -0.1) is 0 Å². The first kappa shape index (κ1) is 19.1. The predicted molar refractivity (Wildman–Crippen MR) is 117 cm³/mol. The number of fused-ring (bicyclic) bond motifs is 2. The molecule has 0 bridgehead atoms. The van der Waals surface area contributed by atoms with E-state index in [-0.39, 0.29) is 5.91 Å². The van der Waals surface area contributed by atoms with Gasteiger partial charge in [0.25, 0.3) is 0 Å². The number of aliphatic hydroxyl groups excluding tert-OH is 1. The number of carbonyl (C=O) groups is 1. The molecule has 4 heteroatoms. The molecule has 0 spiro atoms. The number of hydrogen-bond donors (Lipinski definition) is 1. The number of nitrogens with zero attached hydrogens (tertiary/aromatic N) is 2. The number of carbonyl (C=O) groups excluding carboxylic acids is 1. The Morgan fingerprint density at radius 3 is 2.62 bits per heavy atom. The molecule has 0 fully saturated rings. The lowest BCUT2D eigenvalue weighted by Gasteiger charge is -2.26. The van der Waals surface area contributed by atoms with E-state index in [0.717, 1.165) is 44.8 Å². The average Bonchev–Trinajstić information content (AvgIpc) is 2.69. The Labute approximate surface area is 171 Å². The van der Waals surface area contributed by atoms with Crippen LogP contribution >= 0.6 is 0 Å². The van der Waals surface area contributed by atoms with E-state index in [0.29, 0.717) is 6.54 Å². The molecular formula is C25H24N2O2. The predicted octanol–water partition coefficient (Wildman–Crippen LogP) is 5.15. The zero-order chi connectivity index (χ0) is 20.5. The van der Waals surface area contributed by atoms with Gasteiger partial charge < -0.3 is 10.0 Å². The van der Waals surface area contributed by atoms with Gasteiger partial charge in [0.15, 0.2) is 0 Å². The summed E-state index contributed by atoms with van der Waals surface area (Å²) in [6.45, 7) is 5.87. The van der Waals surface area contributed by atoms with Crippen molar-refractivity contribution in [2.75, 3.05) is 4.90 Å². The fourth-order valence-electron chi connectivity index (χ4n) is 3.81. The second-order valence-electron chi connectivity index (χ2n) is 7.53. The van der Waals surface area contributed by atoms with Gasteiger partial charge in [0.1, 0.15) is 0 Å². The highest BCUT2D eigenvalue weighted by Gasteiger charge is 2.20. The third-order valence-electron chi connectivity index (χ3n) is 5.34. The number of aromatic nitrogens is 1. The maximum absolute atomic E-state index is 12.5. The van der Waals surface area contributed by atoms with Gasteiger partial charge in [-0.3, -0.25) is 9.78 Å². The monoisotopic (exact) mass is 384 g/mol. The van der Waals surface area contributed by atoms with Crippen molar-refractivity contribution in [2.24, 2.45) is 0 Å². The summed E-state index contributed by atoms with van der Waals surface area (Å²) in [5.41, 5.74) is 7.63. The summed E-state index contributed by atoms with van der Waals surface area (Å²) in [6, 6.07) is 15.9. The first-order valence-corrected chi connectivity index (χ1v) is 9.77. The molecule has 3 aromatic rings. The molecule has 1 atom stereocenters. The van der Waals surface area contributed by atoms with Crippen LogP contribution in [0.5, 0.6) is 0 Å². The number of rotatable bonds is 2. The van der Waals surface area contributed by atoms with Crippen LogP contribution in [-0.4, -0.2) is 16.0 Å². The van der Waals surface area contributed by atoms with Crippen molar-refractivity contribution < 1.29 is 9.90 Å². The summed E-state index contributed by atoms with van der Waals surface area (Å²) in [4.78, 5) is 18.9. The van der Waals surface area contributed by atoms with Crippen LogP contribution < -0.4 is 4.90 Å². The van der Waals surface area contributed by atoms with Gasteiger partial charge in [-0.25, -0.2) is 0 Å². The van der Waals surface area contributed by atoms with Gasteiger partial charge in [-0.2, -0.15) is 0 Å². The normalized spacial score (nSPS) is 15.0. The standard InChI is InChI=1S/C25H24N2O2/c1-16-8-11-25-19(12-16)9-10-20-14-26-24(13-21(20)15-27(25)18(3)29)23-7-5-4-6-22(23)17(2)28/h4-14,17,28H,15H2,1-3H3/b10-9-. The van der Waals surface area contributed by atoms with E-state index in [2.05, 4.69) is 17.1 Å². The van der Waals surface area contributed by atoms with Gasteiger partial charge >= 0.3 is 0 Å². The quantitative estimate of drug-likeness (QED) is 0.665. The van der Waals surface area contributed by atoms with Crippen LogP contribution in [-0.2, 0) is 11.3 Å². The lowest BCUT2D eigenvalue weighted by Crippen LogP contribution is -2.29. The second-order valence-corrected chi connectivity index (χ2v) is 7.53. The average molecular weight is 384 g/mol. The second kappa shape index (κ2) is 7.64. The van der Waals surface area contributed by atoms with Crippen LogP contribution in [0.1, 0.15) is 47.8 Å². The van der Waals surface area contributed by atoms with Crippen molar-refractivity contribution in [1.29, 1.82) is 0 Å². The molecule has 4 rings (SSSR count). The van der Waals surface area contributed by atoms with E-state index in [1.54, 1.807) is 13.8 Å². The summed E-state index contributed by atoms with van der Waals surface area (Å²) >= 11 is 0. The highest BCUT2D eigenvalue weighted by Crippen LogP contribution is 2.32. The maximum Gasteiger partial charge on any atom is 0.224 e. The molecule has 1 amide bonds. The third-order valence-corrected chi connectivity index (χ3v) is 5.34. The molecule has 1 unspecified atom stereocenters. The molecule has 2 heterocycles. The minimum Gasteiger partial charge on any atom is -0.389 e. The first-order chi connectivity index (χ1) is 13.9. The molecule has 1 N–H and O–H groups in total. The van der Waals surface area contributed by atoms with Crippen molar-refractivity contribution in [2.45, 2.75) is 33.4 Å². The molecule has 0 aliphatic carbocycles. The molecule has 146 valence electrons. The number of hydrogen-bond acceptors (Lipinski definition) is 3. The highest BCUT2D eigenvalue weighted by molar-refractivity contribution is 5.95. The number of aryl methyl sites for hydroxylation is 1. The molecule has 1 aliphatic rings. The smallest absolute Gasteiger partial charge is 0.224 e. The summed E-state index contributed by atoms with van der Waals surface area (Å²) in [5, 5.41) is 10.1. The van der Waals surface area contributed by atoms with Crippen LogP contribution in [0.15, 0.2) is 54.7 Å². The SMILES string of the molecule is CC(=O)N1Cc2cc(-c3ccccc3C(C)O)ncc2/C=C\c2cc(C)ccc21. The number of anilines is 1. The summed E-state index contributed by atoms with van der Waals surface area (Å²) in [5.74, 6) is -0.000837. The first-order valence-electron chi connectivity index (χ1n) is 9.77. The van der Waals surface area contributed by atoms with Crippen molar-refractivity contribution >= 4 is 23.7 Å². The zero-order valence-electron chi connectivity index (χ0n) is 16.9. The molecule has 0 saturated carbocycles. The van der Waals surface area contributed by atoms with E-state index in [4.69, 9.17) is 0 Å². The Morgan fingerprint density at radius 2 is 1.86 bits per heavy atom. The maximum atomic E-state index is 12.5. The van der Waals surface area contributed by atoms with E-state index in [1.165, 1.54) is 0 Å². The Balaban J connectivity index is 1.85. The number of aliphatic hydroxyl groups is 1. The minimum atomic E-state index is -0.584. The molecule has 29 heavy (non-hydrogen) atoms. The fraction of sp³-hybridized carbons (Fsp3) is 0.200. The Kier molecular flexibility index (Phi) is 5.03. The van der Waals surface area contributed by atoms with Crippen molar-refractivity contribution in [3.8, 4) is 11.3 Å². The number of pyridine rings is 1. The topological polar surface area (TPSA) is 53.4 Å². The summed E-state index contributed by atoms with van der Waals surface area (Å²) in [7, 11) is 0. The summed E-state index contributed by atoms with van der Waals surface area (Å²) in [6.07, 6.45) is 5.36. The van der Waals surface area contributed by atoms with Gasteiger partial charge in [0.05, 0.1) is 24.0 Å². The van der Waals surface area contributed by atoms with Crippen molar-refractivity contribution in [3.63, 3.8) is 0 Å². The Bertz CT molecular complexity index is 1120. The van der Waals surface area contributed by atoms with Crippen LogP contribution in [0.3, 0.4) is 0 Å². The fourth-order valence-corrected chi connectivity index (χ4v) is 3.81. The Morgan fingerprint density at radius 1 is 1.10 bits per heavy atom. The molecule has 0 saturated heterocycles. The molecule has 1 aromatic heterocycles. The molecule has 4 nitrogen and oxygen atoms in total. The summed E-state index contributed by atoms with van der Waals surface area (Å²) < 4.78 is 0. The zero-order valence-corrected chi connectivity index (χ0v) is 16.9. The lowest BCUT2D eigenvalue weighted by atomic mass is 9.96. The van der Waals surface area contributed by atoms with E-state index < -0.39 is 6.10 Å². The van der Waals surface area contributed by atoms with Crippen molar-refractivity contribution in [3.05, 3.63) is 82.5 Å². The van der Waals surface area contributed by atoms with Crippen LogP contribution in [0.4, 0.5) is 5.69 Å². The van der Waals surface area contributed by atoms with E-state index in [9.17, 15) is 9.90 Å². The van der Waals surface area contributed by atoms with E-state index >= 15 is 0 Å². The molecule has 1 aliphatic heterocycles. The highest BCUT2D eigenvalue weighted by atomic mass is 16.3. The molecule has 2 aromatic carbocycles. The minimum absolute atomic E-state index is 0.000837.